The number of aromatic nitrogens is 1. The van der Waals surface area contributed by atoms with E-state index in [1.54, 1.807) is 12.4 Å². The molecular formula is C26H25ClIN3O. The van der Waals surface area contributed by atoms with Crippen molar-refractivity contribution in [2.45, 2.75) is 32.1 Å². The second-order valence-electron chi connectivity index (χ2n) is 8.02. The Morgan fingerprint density at radius 3 is 2.59 bits per heavy atom. The van der Waals surface area contributed by atoms with Crippen LogP contribution in [0.3, 0.4) is 0 Å². The molecule has 4 nitrogen and oxygen atoms in total. The normalized spacial score (nSPS) is 16.9. The number of carbonyl (C=O) groups excluding carboxylic acids is 1. The van der Waals surface area contributed by atoms with E-state index in [0.29, 0.717) is 19.5 Å². The van der Waals surface area contributed by atoms with Crippen molar-refractivity contribution >= 4 is 52.4 Å². The van der Waals surface area contributed by atoms with Crippen molar-refractivity contribution in [1.82, 2.24) is 9.88 Å². The van der Waals surface area contributed by atoms with Gasteiger partial charge in [0, 0.05) is 36.1 Å². The molecule has 164 valence electrons. The number of allylic oxidation sites excluding steroid dienone is 3. The number of nitrogens with zero attached hydrogens (tertiary/aromatic N) is 3. The Hall–Kier alpha value is -2.25. The Bertz CT molecular complexity index is 1110. The summed E-state index contributed by atoms with van der Waals surface area (Å²) in [6.07, 6.45) is 9.49. The van der Waals surface area contributed by atoms with Crippen molar-refractivity contribution in [1.29, 1.82) is 0 Å². The third-order valence-electron chi connectivity index (χ3n) is 6.14. The standard InChI is InChI=1S/C26H25ClIN3O/c1-29-26-20(6-11-28)2-3-21-17-22(27)4-5-23(21)25(26)19-9-14-31(15-10-19)24(32)16-18-7-12-30-13-8-18/h4-8,11-13,17H,1-3,9-10,14-16H2/b11-6-. The molecule has 0 N–H and O–H groups in total. The Kier molecular flexibility index (Phi) is 7.58. The smallest absolute Gasteiger partial charge is 0.227 e. The number of carbonyl (C=O) groups is 1. The van der Waals surface area contributed by atoms with Gasteiger partial charge in [0.2, 0.25) is 5.91 Å². The summed E-state index contributed by atoms with van der Waals surface area (Å²) < 4.78 is 2.03. The van der Waals surface area contributed by atoms with Crippen LogP contribution in [0.4, 0.5) is 0 Å². The van der Waals surface area contributed by atoms with Gasteiger partial charge in [-0.1, -0.05) is 51.9 Å². The number of halogens is 2. The summed E-state index contributed by atoms with van der Waals surface area (Å²) in [6, 6.07) is 9.94. The van der Waals surface area contributed by atoms with Crippen LogP contribution < -0.4 is 0 Å². The van der Waals surface area contributed by atoms with Gasteiger partial charge in [-0.15, -0.1) is 0 Å². The van der Waals surface area contributed by atoms with Crippen molar-refractivity contribution in [3.63, 3.8) is 0 Å². The Balaban J connectivity index is 1.65. The molecule has 2 heterocycles. The molecule has 1 amide bonds. The van der Waals surface area contributed by atoms with Gasteiger partial charge in [0.05, 0.1) is 12.1 Å². The number of rotatable bonds is 4. The molecule has 0 atom stereocenters. The van der Waals surface area contributed by atoms with Crippen LogP contribution in [-0.2, 0) is 17.6 Å². The van der Waals surface area contributed by atoms with Crippen LogP contribution in [0.5, 0.6) is 0 Å². The zero-order valence-electron chi connectivity index (χ0n) is 17.9. The Morgan fingerprint density at radius 1 is 1.16 bits per heavy atom. The number of likely N-dealkylation sites (tertiary alicyclic amines) is 1. The second kappa shape index (κ2) is 10.6. The molecule has 1 aliphatic carbocycles. The molecule has 0 saturated carbocycles. The van der Waals surface area contributed by atoms with Gasteiger partial charge in [-0.25, -0.2) is 0 Å². The minimum Gasteiger partial charge on any atom is -0.342 e. The third-order valence-corrected chi connectivity index (χ3v) is 6.74. The lowest BCUT2D eigenvalue weighted by Crippen LogP contribution is -2.37. The molecule has 2 aliphatic rings. The van der Waals surface area contributed by atoms with Crippen LogP contribution in [-0.4, -0.2) is 35.6 Å². The van der Waals surface area contributed by atoms with E-state index in [1.807, 2.05) is 27.2 Å². The highest BCUT2D eigenvalue weighted by molar-refractivity contribution is 14.1. The average molecular weight is 558 g/mol. The van der Waals surface area contributed by atoms with Gasteiger partial charge >= 0.3 is 0 Å². The molecule has 0 radical (unpaired) electrons. The highest BCUT2D eigenvalue weighted by atomic mass is 127. The van der Waals surface area contributed by atoms with E-state index >= 15 is 0 Å². The van der Waals surface area contributed by atoms with E-state index in [1.165, 1.54) is 27.8 Å². The van der Waals surface area contributed by atoms with Crippen LogP contribution in [0.25, 0.3) is 5.57 Å². The fourth-order valence-corrected chi connectivity index (χ4v) is 5.16. The number of aryl methyl sites for hydroxylation is 1. The van der Waals surface area contributed by atoms with E-state index in [0.717, 1.165) is 42.0 Å². The quantitative estimate of drug-likeness (QED) is 0.332. The largest absolute Gasteiger partial charge is 0.342 e. The van der Waals surface area contributed by atoms with Gasteiger partial charge in [0.25, 0.3) is 0 Å². The molecule has 0 bridgehead atoms. The fourth-order valence-electron chi connectivity index (χ4n) is 4.53. The maximum Gasteiger partial charge on any atom is 0.227 e. The summed E-state index contributed by atoms with van der Waals surface area (Å²) >= 11 is 8.58. The second-order valence-corrected chi connectivity index (χ2v) is 9.17. The van der Waals surface area contributed by atoms with Gasteiger partial charge in [0.1, 0.15) is 0 Å². The zero-order valence-corrected chi connectivity index (χ0v) is 20.8. The van der Waals surface area contributed by atoms with Gasteiger partial charge in [-0.05, 0) is 83.0 Å². The first kappa shape index (κ1) is 22.9. The highest BCUT2D eigenvalue weighted by Crippen LogP contribution is 2.40. The minimum absolute atomic E-state index is 0.166. The minimum atomic E-state index is 0.166. The number of pyridine rings is 1. The van der Waals surface area contributed by atoms with E-state index in [4.69, 9.17) is 11.6 Å². The summed E-state index contributed by atoms with van der Waals surface area (Å²) in [6.45, 7) is 5.34. The van der Waals surface area contributed by atoms with Crippen molar-refractivity contribution in [2.75, 3.05) is 13.1 Å². The van der Waals surface area contributed by atoms with Crippen LogP contribution in [0.15, 0.2) is 74.7 Å². The summed E-state index contributed by atoms with van der Waals surface area (Å²) in [5.74, 6) is 0.166. The summed E-state index contributed by atoms with van der Waals surface area (Å²) in [5, 5.41) is 0.755. The topological polar surface area (TPSA) is 45.6 Å². The van der Waals surface area contributed by atoms with Gasteiger partial charge in [-0.2, -0.15) is 0 Å². The lowest BCUT2D eigenvalue weighted by Gasteiger charge is -2.30. The predicted molar refractivity (Wildman–Crippen MR) is 140 cm³/mol. The fraction of sp³-hybridized carbons (Fsp3) is 0.269. The maximum absolute atomic E-state index is 12.8. The van der Waals surface area contributed by atoms with Crippen molar-refractivity contribution in [2.24, 2.45) is 4.99 Å². The number of hydrogen-bond donors (Lipinski definition) is 0. The van der Waals surface area contributed by atoms with Gasteiger partial charge in [0.15, 0.2) is 0 Å². The molecule has 4 rings (SSSR count). The van der Waals surface area contributed by atoms with E-state index in [2.05, 4.69) is 57.5 Å². The molecule has 1 saturated heterocycles. The summed E-state index contributed by atoms with van der Waals surface area (Å²) in [4.78, 5) is 23.3. The lowest BCUT2D eigenvalue weighted by molar-refractivity contribution is -0.130. The third kappa shape index (κ3) is 5.04. The summed E-state index contributed by atoms with van der Waals surface area (Å²) in [7, 11) is 0. The monoisotopic (exact) mass is 557 g/mol. The Labute approximate surface area is 207 Å². The molecule has 1 fully saturated rings. The van der Waals surface area contributed by atoms with Crippen LogP contribution in [0.2, 0.25) is 5.02 Å². The first-order valence-electron chi connectivity index (χ1n) is 10.7. The SMILES string of the molecule is C=NC1=C(/C=C\I)CCc2cc(Cl)ccc2C1=C1CCN(C(=O)Cc2ccncc2)CC1. The molecule has 0 spiro atoms. The van der Waals surface area contributed by atoms with Crippen LogP contribution in [0, 0.1) is 0 Å². The molecular weight excluding hydrogens is 533 g/mol. The Morgan fingerprint density at radius 2 is 1.91 bits per heavy atom. The maximum atomic E-state index is 12.8. The van der Waals surface area contributed by atoms with Crippen molar-refractivity contribution < 1.29 is 4.79 Å². The average Bonchev–Trinajstić information content (AvgIpc) is 2.96. The molecule has 1 aromatic carbocycles. The zero-order chi connectivity index (χ0) is 22.5. The number of aliphatic imine (C=N–C) groups is 1. The number of piperidine rings is 1. The van der Waals surface area contributed by atoms with Gasteiger partial charge < -0.3 is 4.90 Å². The van der Waals surface area contributed by atoms with Crippen LogP contribution in [0.1, 0.15) is 36.0 Å². The van der Waals surface area contributed by atoms with Crippen LogP contribution >= 0.6 is 34.2 Å². The van der Waals surface area contributed by atoms with Crippen molar-refractivity contribution in [3.05, 3.63) is 91.4 Å². The molecule has 32 heavy (non-hydrogen) atoms. The molecule has 2 aromatic rings. The lowest BCUT2D eigenvalue weighted by atomic mass is 9.88. The molecule has 0 unspecified atom stereocenters. The number of hydrogen-bond acceptors (Lipinski definition) is 3. The molecule has 1 aliphatic heterocycles. The number of amides is 1. The molecule has 6 heteroatoms. The summed E-state index contributed by atoms with van der Waals surface area (Å²) in [5.41, 5.74) is 8.11. The molecule has 1 aromatic heterocycles. The number of benzene rings is 1. The van der Waals surface area contributed by atoms with E-state index in [9.17, 15) is 4.79 Å². The highest BCUT2D eigenvalue weighted by Gasteiger charge is 2.26. The predicted octanol–water partition coefficient (Wildman–Crippen LogP) is 6.20. The first-order chi connectivity index (χ1) is 15.6. The van der Waals surface area contributed by atoms with Crippen molar-refractivity contribution in [3.8, 4) is 0 Å². The van der Waals surface area contributed by atoms with E-state index < -0.39 is 0 Å². The number of fused-ring (bicyclic) bond motifs is 1. The van der Waals surface area contributed by atoms with E-state index in [-0.39, 0.29) is 5.91 Å². The van der Waals surface area contributed by atoms with Gasteiger partial charge in [-0.3, -0.25) is 14.8 Å². The first-order valence-corrected chi connectivity index (χ1v) is 12.4.